The number of halogens is 4. The Hall–Kier alpha value is -3.75. The van der Waals surface area contributed by atoms with Gasteiger partial charge in [-0.25, -0.2) is 4.39 Å². The van der Waals surface area contributed by atoms with E-state index in [4.69, 9.17) is 14.2 Å². The van der Waals surface area contributed by atoms with E-state index in [1.807, 2.05) is 0 Å². The number of hydrogen-bond acceptors (Lipinski definition) is 4. The molecule has 0 aliphatic heterocycles. The second-order valence-electron chi connectivity index (χ2n) is 6.28. The number of anilines is 1. The fourth-order valence-corrected chi connectivity index (χ4v) is 2.55. The second kappa shape index (κ2) is 9.38. The van der Waals surface area contributed by atoms with Gasteiger partial charge in [0.2, 0.25) is 0 Å². The zero-order chi connectivity index (χ0) is 22.4. The van der Waals surface area contributed by atoms with Crippen LogP contribution in [0.2, 0.25) is 0 Å². The molecule has 31 heavy (non-hydrogen) atoms. The van der Waals surface area contributed by atoms with Crippen LogP contribution >= 0.6 is 0 Å². The SMILES string of the molecule is COc1cccc(Oc2ccc(C(F)(F)F)cc2NC(=O)COc2ccc(F)cc2)c1. The zero-order valence-corrected chi connectivity index (χ0v) is 16.2. The van der Waals surface area contributed by atoms with Crippen molar-refractivity contribution in [2.24, 2.45) is 0 Å². The highest BCUT2D eigenvalue weighted by molar-refractivity contribution is 5.93. The Morgan fingerprint density at radius 2 is 1.65 bits per heavy atom. The molecule has 3 rings (SSSR count). The predicted molar refractivity (Wildman–Crippen MR) is 105 cm³/mol. The molecular formula is C22H17F4NO4. The first-order valence-electron chi connectivity index (χ1n) is 8.96. The molecule has 9 heteroatoms. The van der Waals surface area contributed by atoms with Gasteiger partial charge in [-0.1, -0.05) is 6.07 Å². The maximum absolute atomic E-state index is 13.1. The van der Waals surface area contributed by atoms with Crippen molar-refractivity contribution in [3.63, 3.8) is 0 Å². The number of hydrogen-bond donors (Lipinski definition) is 1. The molecule has 0 heterocycles. The van der Waals surface area contributed by atoms with Gasteiger partial charge in [0.1, 0.15) is 23.1 Å². The highest BCUT2D eigenvalue weighted by Crippen LogP contribution is 2.37. The molecule has 0 aliphatic rings. The number of methoxy groups -OCH3 is 1. The summed E-state index contributed by atoms with van der Waals surface area (Å²) in [7, 11) is 1.46. The van der Waals surface area contributed by atoms with Crippen molar-refractivity contribution in [2.45, 2.75) is 6.18 Å². The molecule has 0 spiro atoms. The van der Waals surface area contributed by atoms with Gasteiger partial charge in [0.15, 0.2) is 12.4 Å². The second-order valence-corrected chi connectivity index (χ2v) is 6.28. The topological polar surface area (TPSA) is 56.8 Å². The third kappa shape index (κ3) is 6.11. The number of alkyl halides is 3. The number of rotatable bonds is 7. The largest absolute Gasteiger partial charge is 0.497 e. The highest BCUT2D eigenvalue weighted by Gasteiger charge is 2.31. The van der Waals surface area contributed by atoms with E-state index in [2.05, 4.69) is 5.32 Å². The van der Waals surface area contributed by atoms with Crippen LogP contribution in [0.25, 0.3) is 0 Å². The van der Waals surface area contributed by atoms with E-state index in [-0.39, 0.29) is 17.2 Å². The van der Waals surface area contributed by atoms with Gasteiger partial charge < -0.3 is 19.5 Å². The summed E-state index contributed by atoms with van der Waals surface area (Å²) >= 11 is 0. The number of carbonyl (C=O) groups is 1. The van der Waals surface area contributed by atoms with Gasteiger partial charge in [-0.2, -0.15) is 13.2 Å². The molecule has 1 N–H and O–H groups in total. The molecule has 0 unspecified atom stereocenters. The molecule has 0 bridgehead atoms. The maximum atomic E-state index is 13.1. The van der Waals surface area contributed by atoms with Gasteiger partial charge in [0, 0.05) is 6.07 Å². The lowest BCUT2D eigenvalue weighted by Crippen LogP contribution is -2.21. The molecule has 0 saturated heterocycles. The van der Waals surface area contributed by atoms with E-state index < -0.39 is 30.1 Å². The number of carbonyl (C=O) groups excluding carboxylic acids is 1. The lowest BCUT2D eigenvalue weighted by Gasteiger charge is -2.16. The Morgan fingerprint density at radius 3 is 2.32 bits per heavy atom. The van der Waals surface area contributed by atoms with E-state index >= 15 is 0 Å². The molecule has 1 amide bonds. The van der Waals surface area contributed by atoms with Gasteiger partial charge in [0.25, 0.3) is 5.91 Å². The summed E-state index contributed by atoms with van der Waals surface area (Å²) in [5, 5.41) is 2.36. The Balaban J connectivity index is 1.79. The Bertz CT molecular complexity index is 1050. The molecule has 0 radical (unpaired) electrons. The third-order valence-electron chi connectivity index (χ3n) is 4.03. The zero-order valence-electron chi connectivity index (χ0n) is 16.2. The van der Waals surface area contributed by atoms with Crippen molar-refractivity contribution in [2.75, 3.05) is 19.0 Å². The van der Waals surface area contributed by atoms with E-state index in [1.54, 1.807) is 24.3 Å². The minimum Gasteiger partial charge on any atom is -0.497 e. The molecule has 0 saturated carbocycles. The number of benzene rings is 3. The molecular weight excluding hydrogens is 418 g/mol. The van der Waals surface area contributed by atoms with Gasteiger partial charge >= 0.3 is 6.18 Å². The molecule has 0 atom stereocenters. The molecule has 3 aromatic rings. The first-order chi connectivity index (χ1) is 14.7. The first-order valence-corrected chi connectivity index (χ1v) is 8.96. The molecule has 3 aromatic carbocycles. The summed E-state index contributed by atoms with van der Waals surface area (Å²) in [6, 6.07) is 14.1. The molecule has 0 aliphatic carbocycles. The summed E-state index contributed by atoms with van der Waals surface area (Å²) in [5.41, 5.74) is -1.15. The van der Waals surface area contributed by atoms with Crippen LogP contribution in [0.15, 0.2) is 66.7 Å². The van der Waals surface area contributed by atoms with Crippen LogP contribution in [0.5, 0.6) is 23.0 Å². The third-order valence-corrected chi connectivity index (χ3v) is 4.03. The van der Waals surface area contributed by atoms with Crippen LogP contribution in [0.3, 0.4) is 0 Å². The van der Waals surface area contributed by atoms with Crippen LogP contribution in [-0.2, 0) is 11.0 Å². The lowest BCUT2D eigenvalue weighted by atomic mass is 10.1. The summed E-state index contributed by atoms with van der Waals surface area (Å²) < 4.78 is 68.3. The van der Waals surface area contributed by atoms with Crippen LogP contribution in [-0.4, -0.2) is 19.6 Å². The molecule has 162 valence electrons. The van der Waals surface area contributed by atoms with Crippen molar-refractivity contribution in [1.29, 1.82) is 0 Å². The standard InChI is InChI=1S/C22H17F4NO4/c1-29-17-3-2-4-18(12-17)31-20-10-5-14(22(24,25)26)11-19(20)27-21(28)13-30-16-8-6-15(23)7-9-16/h2-12H,13H2,1H3,(H,27,28). The Labute approximate surface area is 175 Å². The highest BCUT2D eigenvalue weighted by atomic mass is 19.4. The summed E-state index contributed by atoms with van der Waals surface area (Å²) in [5.74, 6) is -0.177. The fourth-order valence-electron chi connectivity index (χ4n) is 2.55. The monoisotopic (exact) mass is 435 g/mol. The lowest BCUT2D eigenvalue weighted by molar-refractivity contribution is -0.137. The summed E-state index contributed by atoms with van der Waals surface area (Å²) in [6.45, 7) is -0.500. The van der Waals surface area contributed by atoms with Gasteiger partial charge in [-0.3, -0.25) is 4.79 Å². The van der Waals surface area contributed by atoms with Crippen LogP contribution in [0, 0.1) is 5.82 Å². The number of ether oxygens (including phenoxy) is 3. The summed E-state index contributed by atoms with van der Waals surface area (Å²) in [4.78, 5) is 12.3. The van der Waals surface area contributed by atoms with Crippen molar-refractivity contribution in [1.82, 2.24) is 0 Å². The average molecular weight is 435 g/mol. The normalized spacial score (nSPS) is 11.0. The summed E-state index contributed by atoms with van der Waals surface area (Å²) in [6.07, 6.45) is -4.61. The van der Waals surface area contributed by atoms with Crippen molar-refractivity contribution in [3.8, 4) is 23.0 Å². The average Bonchev–Trinajstić information content (AvgIpc) is 2.74. The van der Waals surface area contributed by atoms with Crippen LogP contribution in [0.1, 0.15) is 5.56 Å². The molecule has 0 aromatic heterocycles. The van der Waals surface area contributed by atoms with Crippen molar-refractivity contribution >= 4 is 11.6 Å². The number of nitrogens with one attached hydrogen (secondary N) is 1. The van der Waals surface area contributed by atoms with E-state index in [9.17, 15) is 22.4 Å². The molecule has 0 fully saturated rings. The Kier molecular flexibility index (Phi) is 6.64. The maximum Gasteiger partial charge on any atom is 0.416 e. The minimum absolute atomic E-state index is 0.00335. The van der Waals surface area contributed by atoms with E-state index in [1.165, 1.54) is 19.2 Å². The number of amides is 1. The van der Waals surface area contributed by atoms with Crippen molar-refractivity contribution < 1.29 is 36.6 Å². The van der Waals surface area contributed by atoms with Crippen LogP contribution < -0.4 is 19.5 Å². The fraction of sp³-hybridized carbons (Fsp3) is 0.136. The van der Waals surface area contributed by atoms with Crippen LogP contribution in [0.4, 0.5) is 23.2 Å². The Morgan fingerprint density at radius 1 is 0.935 bits per heavy atom. The smallest absolute Gasteiger partial charge is 0.416 e. The van der Waals surface area contributed by atoms with E-state index in [0.717, 1.165) is 30.3 Å². The first kappa shape index (κ1) is 21.9. The van der Waals surface area contributed by atoms with Crippen molar-refractivity contribution in [3.05, 3.63) is 78.1 Å². The van der Waals surface area contributed by atoms with E-state index in [0.29, 0.717) is 11.5 Å². The van der Waals surface area contributed by atoms with Gasteiger partial charge in [-0.05, 0) is 54.6 Å². The predicted octanol–water partition coefficient (Wildman–Crippen LogP) is 5.66. The van der Waals surface area contributed by atoms with Gasteiger partial charge in [0.05, 0.1) is 18.4 Å². The van der Waals surface area contributed by atoms with Gasteiger partial charge in [-0.15, -0.1) is 0 Å². The minimum atomic E-state index is -4.61. The quantitative estimate of drug-likeness (QED) is 0.487. The molecule has 5 nitrogen and oxygen atoms in total.